The molecule has 6 heteroatoms. The predicted octanol–water partition coefficient (Wildman–Crippen LogP) is 5.13. The number of carbonyl (C=O) groups is 1. The van der Waals surface area contributed by atoms with Gasteiger partial charge in [0.1, 0.15) is 5.82 Å². The third kappa shape index (κ3) is 4.13. The first-order valence-electron chi connectivity index (χ1n) is 10.1. The van der Waals surface area contributed by atoms with Crippen molar-refractivity contribution in [3.05, 3.63) is 83.1 Å². The number of H-pyrrole nitrogens is 1. The molecule has 4 rings (SSSR count). The van der Waals surface area contributed by atoms with E-state index in [-0.39, 0.29) is 11.7 Å². The molecule has 0 aliphatic heterocycles. The number of hydrogen-bond acceptors (Lipinski definition) is 2. The van der Waals surface area contributed by atoms with Crippen LogP contribution in [0.1, 0.15) is 35.4 Å². The fourth-order valence-electron chi connectivity index (χ4n) is 3.80. The normalized spacial score (nSPS) is 11.2. The summed E-state index contributed by atoms with van der Waals surface area (Å²) in [6.45, 7) is 4.07. The largest absolute Gasteiger partial charge is 0.361 e. The Labute approximate surface area is 174 Å². The Bertz CT molecular complexity index is 1190. The summed E-state index contributed by atoms with van der Waals surface area (Å²) in [5, 5.41) is 8.69. The van der Waals surface area contributed by atoms with Crippen LogP contribution in [0.2, 0.25) is 0 Å². The summed E-state index contributed by atoms with van der Waals surface area (Å²) >= 11 is 0. The van der Waals surface area contributed by atoms with Crippen molar-refractivity contribution >= 4 is 22.5 Å². The summed E-state index contributed by atoms with van der Waals surface area (Å²) in [5.41, 5.74) is 5.17. The van der Waals surface area contributed by atoms with Crippen molar-refractivity contribution in [2.24, 2.45) is 0 Å². The molecule has 0 saturated heterocycles. The molecular weight excluding hydrogens is 379 g/mol. The molecule has 2 N–H and O–H groups in total. The van der Waals surface area contributed by atoms with Crippen molar-refractivity contribution in [2.75, 3.05) is 5.32 Å². The number of amides is 1. The quantitative estimate of drug-likeness (QED) is 0.448. The number of aromatic amines is 1. The van der Waals surface area contributed by atoms with Crippen LogP contribution in [0.15, 0.2) is 54.7 Å². The second-order valence-electron chi connectivity index (χ2n) is 7.56. The molecule has 0 bridgehead atoms. The van der Waals surface area contributed by atoms with Crippen LogP contribution >= 0.6 is 0 Å². The van der Waals surface area contributed by atoms with Gasteiger partial charge in [-0.3, -0.25) is 9.48 Å². The lowest BCUT2D eigenvalue weighted by molar-refractivity contribution is -0.116. The van der Waals surface area contributed by atoms with Gasteiger partial charge in [0, 0.05) is 29.1 Å². The molecule has 2 heterocycles. The molecule has 0 aliphatic rings. The molecule has 0 fully saturated rings. The molecule has 0 radical (unpaired) electrons. The summed E-state index contributed by atoms with van der Waals surface area (Å²) < 4.78 is 15.7. The third-order valence-corrected chi connectivity index (χ3v) is 5.45. The number of fused-ring (bicyclic) bond motifs is 1. The average molecular weight is 404 g/mol. The summed E-state index contributed by atoms with van der Waals surface area (Å²) in [6, 6.07) is 14.8. The molecular formula is C24H25FN4O. The molecule has 1 amide bonds. The molecule has 0 aliphatic carbocycles. The Morgan fingerprint density at radius 1 is 1.10 bits per heavy atom. The number of aromatic nitrogens is 3. The Balaban J connectivity index is 1.37. The fourth-order valence-corrected chi connectivity index (χ4v) is 3.80. The maximum atomic E-state index is 14.0. The van der Waals surface area contributed by atoms with E-state index in [0.29, 0.717) is 24.2 Å². The van der Waals surface area contributed by atoms with Gasteiger partial charge in [0.05, 0.1) is 23.6 Å². The van der Waals surface area contributed by atoms with Crippen molar-refractivity contribution in [2.45, 2.75) is 39.7 Å². The molecule has 0 atom stereocenters. The first kappa shape index (κ1) is 19.9. The van der Waals surface area contributed by atoms with Gasteiger partial charge >= 0.3 is 0 Å². The third-order valence-electron chi connectivity index (χ3n) is 5.45. The Morgan fingerprint density at radius 3 is 2.70 bits per heavy atom. The van der Waals surface area contributed by atoms with Crippen molar-refractivity contribution in [1.29, 1.82) is 0 Å². The molecule has 2 aromatic carbocycles. The van der Waals surface area contributed by atoms with E-state index < -0.39 is 0 Å². The van der Waals surface area contributed by atoms with Crippen molar-refractivity contribution in [3.63, 3.8) is 0 Å². The lowest BCUT2D eigenvalue weighted by atomic mass is 10.1. The second-order valence-corrected chi connectivity index (χ2v) is 7.56. The molecule has 30 heavy (non-hydrogen) atoms. The van der Waals surface area contributed by atoms with Crippen LogP contribution in [0.5, 0.6) is 0 Å². The van der Waals surface area contributed by atoms with E-state index in [1.165, 1.54) is 17.0 Å². The summed E-state index contributed by atoms with van der Waals surface area (Å²) in [6.07, 6.45) is 4.04. The number of rotatable bonds is 7. The molecule has 0 unspecified atom stereocenters. The van der Waals surface area contributed by atoms with E-state index in [4.69, 9.17) is 0 Å². The second kappa shape index (κ2) is 8.53. The molecule has 2 aromatic heterocycles. The van der Waals surface area contributed by atoms with Crippen LogP contribution in [0.4, 0.5) is 10.1 Å². The van der Waals surface area contributed by atoms with E-state index >= 15 is 0 Å². The smallest absolute Gasteiger partial charge is 0.224 e. The number of anilines is 1. The van der Waals surface area contributed by atoms with E-state index in [2.05, 4.69) is 27.5 Å². The number of para-hydroxylation sites is 1. The lowest BCUT2D eigenvalue weighted by Gasteiger charge is -2.08. The minimum absolute atomic E-state index is 0.0357. The highest BCUT2D eigenvalue weighted by Gasteiger charge is 2.15. The van der Waals surface area contributed by atoms with E-state index in [1.54, 1.807) is 22.9 Å². The van der Waals surface area contributed by atoms with Gasteiger partial charge in [-0.15, -0.1) is 0 Å². The van der Waals surface area contributed by atoms with Crippen LogP contribution in [0.25, 0.3) is 10.9 Å². The predicted molar refractivity (Wildman–Crippen MR) is 117 cm³/mol. The van der Waals surface area contributed by atoms with Gasteiger partial charge in [0.2, 0.25) is 5.91 Å². The molecule has 154 valence electrons. The van der Waals surface area contributed by atoms with Crippen molar-refractivity contribution < 1.29 is 9.18 Å². The number of benzene rings is 2. The summed E-state index contributed by atoms with van der Waals surface area (Å²) in [4.78, 5) is 15.8. The van der Waals surface area contributed by atoms with Gasteiger partial charge in [0.15, 0.2) is 0 Å². The molecule has 0 saturated carbocycles. The highest BCUT2D eigenvalue weighted by molar-refractivity contribution is 5.92. The first-order valence-corrected chi connectivity index (χ1v) is 10.1. The number of hydrogen-bond donors (Lipinski definition) is 2. The average Bonchev–Trinajstić information content (AvgIpc) is 3.26. The minimum atomic E-state index is -0.257. The SMILES string of the molecule is Cc1nn(Cc2ccccc2F)c(C)c1NC(=O)CCCc1c[nH]c2ccccc12. The van der Waals surface area contributed by atoms with E-state index in [0.717, 1.165) is 29.7 Å². The standard InChI is InChI=1S/C24H25FN4O/c1-16-24(17(2)29(28-16)15-19-8-3-5-11-21(19)25)27-23(30)13-7-9-18-14-26-22-12-6-4-10-20(18)22/h3-6,8,10-12,14,26H,7,9,13,15H2,1-2H3,(H,27,30). The van der Waals surface area contributed by atoms with Crippen LogP contribution in [0.3, 0.4) is 0 Å². The number of halogens is 1. The van der Waals surface area contributed by atoms with Gasteiger partial charge in [-0.2, -0.15) is 5.10 Å². The number of nitrogens with zero attached hydrogens (tertiary/aromatic N) is 2. The van der Waals surface area contributed by atoms with E-state index in [9.17, 15) is 9.18 Å². The highest BCUT2D eigenvalue weighted by Crippen LogP contribution is 2.22. The highest BCUT2D eigenvalue weighted by atomic mass is 19.1. The molecule has 4 aromatic rings. The fraction of sp³-hybridized carbons (Fsp3) is 0.250. The van der Waals surface area contributed by atoms with Crippen LogP contribution in [-0.2, 0) is 17.8 Å². The maximum Gasteiger partial charge on any atom is 0.224 e. The Kier molecular flexibility index (Phi) is 5.65. The molecule has 0 spiro atoms. The zero-order valence-corrected chi connectivity index (χ0v) is 17.2. The van der Waals surface area contributed by atoms with Crippen LogP contribution < -0.4 is 5.32 Å². The Hall–Kier alpha value is -3.41. The summed E-state index contributed by atoms with van der Waals surface area (Å²) in [5.74, 6) is -0.292. The number of carbonyl (C=O) groups excluding carboxylic acids is 1. The van der Waals surface area contributed by atoms with Crippen LogP contribution in [0, 0.1) is 19.7 Å². The Morgan fingerprint density at radius 2 is 1.87 bits per heavy atom. The van der Waals surface area contributed by atoms with Gasteiger partial charge in [-0.25, -0.2) is 4.39 Å². The van der Waals surface area contributed by atoms with Gasteiger partial charge in [-0.05, 0) is 44.4 Å². The summed E-state index contributed by atoms with van der Waals surface area (Å²) in [7, 11) is 0. The van der Waals surface area contributed by atoms with Gasteiger partial charge in [-0.1, -0.05) is 36.4 Å². The monoisotopic (exact) mass is 404 g/mol. The van der Waals surface area contributed by atoms with Gasteiger partial charge < -0.3 is 10.3 Å². The number of aryl methyl sites for hydroxylation is 2. The van der Waals surface area contributed by atoms with Crippen molar-refractivity contribution in [1.82, 2.24) is 14.8 Å². The van der Waals surface area contributed by atoms with Gasteiger partial charge in [0.25, 0.3) is 0 Å². The zero-order valence-electron chi connectivity index (χ0n) is 17.2. The van der Waals surface area contributed by atoms with E-state index in [1.807, 2.05) is 32.2 Å². The molecule has 5 nitrogen and oxygen atoms in total. The minimum Gasteiger partial charge on any atom is -0.361 e. The maximum absolute atomic E-state index is 14.0. The van der Waals surface area contributed by atoms with Crippen LogP contribution in [-0.4, -0.2) is 20.7 Å². The lowest BCUT2D eigenvalue weighted by Crippen LogP contribution is -2.13. The number of nitrogens with one attached hydrogen (secondary N) is 2. The zero-order chi connectivity index (χ0) is 21.1. The van der Waals surface area contributed by atoms with Crippen molar-refractivity contribution in [3.8, 4) is 0 Å². The first-order chi connectivity index (χ1) is 14.5. The topological polar surface area (TPSA) is 62.7 Å².